The highest BCUT2D eigenvalue weighted by Crippen LogP contribution is 2.28. The fraction of sp³-hybridized carbons (Fsp3) is 0.750. The molecule has 0 fully saturated rings. The van der Waals surface area contributed by atoms with Crippen molar-refractivity contribution in [2.24, 2.45) is 5.92 Å². The molecule has 0 amide bonds. The largest absolute Gasteiger partial charge is 0.388 e. The molecule has 15 heavy (non-hydrogen) atoms. The number of aliphatic hydroxyl groups is 1. The van der Waals surface area contributed by atoms with Crippen LogP contribution >= 0.6 is 11.3 Å². The maximum atomic E-state index is 10.00. The molecule has 2 nitrogen and oxygen atoms in total. The Bertz CT molecular complexity index is 307. The number of aliphatic hydroxyl groups excluding tert-OH is 1. The number of hydrogen-bond donors (Lipinski definition) is 1. The predicted molar refractivity (Wildman–Crippen MR) is 65.2 cm³/mol. The SMILES string of the molecule is Cc1nc(C)c(C(O)CCCC(C)C)s1. The van der Waals surface area contributed by atoms with Crippen LogP contribution in [0.15, 0.2) is 0 Å². The third kappa shape index (κ3) is 3.92. The Labute approximate surface area is 96.4 Å². The van der Waals surface area contributed by atoms with Crippen molar-refractivity contribution >= 4 is 11.3 Å². The van der Waals surface area contributed by atoms with Gasteiger partial charge in [-0.1, -0.05) is 26.7 Å². The molecular formula is C12H21NOS. The van der Waals surface area contributed by atoms with Gasteiger partial charge in [-0.25, -0.2) is 4.98 Å². The lowest BCUT2D eigenvalue weighted by atomic mass is 10.0. The van der Waals surface area contributed by atoms with Crippen LogP contribution in [0.25, 0.3) is 0 Å². The van der Waals surface area contributed by atoms with E-state index in [0.717, 1.165) is 34.3 Å². The highest BCUT2D eigenvalue weighted by molar-refractivity contribution is 7.11. The number of rotatable bonds is 5. The standard InChI is InChI=1S/C12H21NOS/c1-8(2)6-5-7-11(14)12-9(3)13-10(4)15-12/h8,11,14H,5-7H2,1-4H3. The molecule has 1 rings (SSSR count). The van der Waals surface area contributed by atoms with E-state index in [-0.39, 0.29) is 6.10 Å². The van der Waals surface area contributed by atoms with Crippen LogP contribution < -0.4 is 0 Å². The van der Waals surface area contributed by atoms with Crippen LogP contribution in [0.2, 0.25) is 0 Å². The molecule has 1 heterocycles. The summed E-state index contributed by atoms with van der Waals surface area (Å²) >= 11 is 1.62. The molecule has 3 heteroatoms. The number of hydrogen-bond acceptors (Lipinski definition) is 3. The van der Waals surface area contributed by atoms with Gasteiger partial charge in [-0.15, -0.1) is 11.3 Å². The molecular weight excluding hydrogens is 206 g/mol. The highest BCUT2D eigenvalue weighted by Gasteiger charge is 2.14. The molecule has 1 unspecified atom stereocenters. The smallest absolute Gasteiger partial charge is 0.0901 e. The summed E-state index contributed by atoms with van der Waals surface area (Å²) in [6, 6.07) is 0. The second kappa shape index (κ2) is 5.61. The molecule has 0 aliphatic rings. The first-order valence-electron chi connectivity index (χ1n) is 5.62. The van der Waals surface area contributed by atoms with Gasteiger partial charge in [-0.2, -0.15) is 0 Å². The van der Waals surface area contributed by atoms with Crippen LogP contribution in [0.4, 0.5) is 0 Å². The van der Waals surface area contributed by atoms with E-state index in [4.69, 9.17) is 0 Å². The van der Waals surface area contributed by atoms with Gasteiger partial charge in [0, 0.05) is 0 Å². The molecule has 1 atom stereocenters. The van der Waals surface area contributed by atoms with Crippen molar-refractivity contribution in [1.82, 2.24) is 4.98 Å². The van der Waals surface area contributed by atoms with Crippen molar-refractivity contribution in [3.63, 3.8) is 0 Å². The van der Waals surface area contributed by atoms with Gasteiger partial charge in [0.25, 0.3) is 0 Å². The third-order valence-electron chi connectivity index (χ3n) is 2.50. The zero-order valence-corrected chi connectivity index (χ0v) is 10.9. The van der Waals surface area contributed by atoms with E-state index in [9.17, 15) is 5.11 Å². The maximum absolute atomic E-state index is 10.00. The molecule has 0 aliphatic carbocycles. The minimum Gasteiger partial charge on any atom is -0.388 e. The van der Waals surface area contributed by atoms with Crippen molar-refractivity contribution in [1.29, 1.82) is 0 Å². The number of thiazole rings is 1. The Morgan fingerprint density at radius 2 is 1.93 bits per heavy atom. The molecule has 1 N–H and O–H groups in total. The van der Waals surface area contributed by atoms with E-state index in [2.05, 4.69) is 18.8 Å². The molecule has 0 aliphatic heterocycles. The summed E-state index contributed by atoms with van der Waals surface area (Å²) in [5.41, 5.74) is 0.995. The first kappa shape index (κ1) is 12.7. The zero-order valence-electron chi connectivity index (χ0n) is 10.1. The predicted octanol–water partition coefficient (Wildman–Crippen LogP) is 3.62. The van der Waals surface area contributed by atoms with Crippen LogP contribution in [0.3, 0.4) is 0 Å². The Morgan fingerprint density at radius 3 is 2.40 bits per heavy atom. The second-order valence-corrected chi connectivity index (χ2v) is 5.76. The molecule has 86 valence electrons. The molecule has 0 aromatic carbocycles. The number of nitrogens with zero attached hydrogens (tertiary/aromatic N) is 1. The van der Waals surface area contributed by atoms with Gasteiger partial charge in [0.1, 0.15) is 0 Å². The summed E-state index contributed by atoms with van der Waals surface area (Å²) in [5, 5.41) is 11.0. The quantitative estimate of drug-likeness (QED) is 0.833. The summed E-state index contributed by atoms with van der Waals surface area (Å²) in [7, 11) is 0. The van der Waals surface area contributed by atoms with Gasteiger partial charge in [-0.3, -0.25) is 0 Å². The van der Waals surface area contributed by atoms with Crippen LogP contribution in [0.5, 0.6) is 0 Å². The van der Waals surface area contributed by atoms with Gasteiger partial charge in [0.05, 0.1) is 21.7 Å². The Kier molecular flexibility index (Phi) is 4.74. The highest BCUT2D eigenvalue weighted by atomic mass is 32.1. The lowest BCUT2D eigenvalue weighted by molar-refractivity contribution is 0.165. The molecule has 1 aromatic rings. The summed E-state index contributed by atoms with van der Waals surface area (Å²) in [6.07, 6.45) is 2.83. The number of aromatic nitrogens is 1. The first-order chi connectivity index (χ1) is 7.00. The summed E-state index contributed by atoms with van der Waals surface area (Å²) in [5.74, 6) is 0.724. The Hall–Kier alpha value is -0.410. The Balaban J connectivity index is 2.46. The van der Waals surface area contributed by atoms with Crippen molar-refractivity contribution in [2.75, 3.05) is 0 Å². The summed E-state index contributed by atoms with van der Waals surface area (Å²) < 4.78 is 0. The number of aryl methyl sites for hydroxylation is 2. The minimum atomic E-state index is -0.310. The van der Waals surface area contributed by atoms with Crippen molar-refractivity contribution in [3.05, 3.63) is 15.6 Å². The monoisotopic (exact) mass is 227 g/mol. The molecule has 0 bridgehead atoms. The van der Waals surface area contributed by atoms with Crippen molar-refractivity contribution in [3.8, 4) is 0 Å². The van der Waals surface area contributed by atoms with Gasteiger partial charge < -0.3 is 5.11 Å². The van der Waals surface area contributed by atoms with E-state index in [1.54, 1.807) is 11.3 Å². The van der Waals surface area contributed by atoms with E-state index in [1.165, 1.54) is 6.42 Å². The van der Waals surface area contributed by atoms with E-state index in [0.29, 0.717) is 0 Å². The van der Waals surface area contributed by atoms with Gasteiger partial charge in [0.2, 0.25) is 0 Å². The van der Waals surface area contributed by atoms with E-state index in [1.807, 2.05) is 13.8 Å². The lowest BCUT2D eigenvalue weighted by Gasteiger charge is -2.10. The molecule has 0 saturated heterocycles. The van der Waals surface area contributed by atoms with Crippen LogP contribution in [-0.4, -0.2) is 10.1 Å². The van der Waals surface area contributed by atoms with Crippen LogP contribution in [-0.2, 0) is 0 Å². The van der Waals surface area contributed by atoms with Crippen molar-refractivity contribution < 1.29 is 5.11 Å². The lowest BCUT2D eigenvalue weighted by Crippen LogP contribution is -1.98. The topological polar surface area (TPSA) is 33.1 Å². The minimum absolute atomic E-state index is 0.310. The summed E-state index contributed by atoms with van der Waals surface area (Å²) in [4.78, 5) is 5.39. The average Bonchev–Trinajstić information content (AvgIpc) is 2.44. The second-order valence-electron chi connectivity index (χ2n) is 4.52. The van der Waals surface area contributed by atoms with Gasteiger partial charge in [-0.05, 0) is 26.2 Å². The fourth-order valence-electron chi connectivity index (χ4n) is 1.71. The van der Waals surface area contributed by atoms with Crippen LogP contribution in [0, 0.1) is 19.8 Å². The first-order valence-corrected chi connectivity index (χ1v) is 6.44. The molecule has 1 aromatic heterocycles. The Morgan fingerprint density at radius 1 is 1.27 bits per heavy atom. The van der Waals surface area contributed by atoms with E-state index < -0.39 is 0 Å². The summed E-state index contributed by atoms with van der Waals surface area (Å²) in [6.45, 7) is 8.40. The van der Waals surface area contributed by atoms with Crippen molar-refractivity contribution in [2.45, 2.75) is 53.1 Å². The van der Waals surface area contributed by atoms with Gasteiger partial charge >= 0.3 is 0 Å². The van der Waals surface area contributed by atoms with Gasteiger partial charge in [0.15, 0.2) is 0 Å². The molecule has 0 radical (unpaired) electrons. The van der Waals surface area contributed by atoms with E-state index >= 15 is 0 Å². The zero-order chi connectivity index (χ0) is 11.4. The molecule has 0 spiro atoms. The average molecular weight is 227 g/mol. The maximum Gasteiger partial charge on any atom is 0.0901 e. The fourth-order valence-corrected chi connectivity index (χ4v) is 2.65. The molecule has 0 saturated carbocycles. The third-order valence-corrected chi connectivity index (χ3v) is 3.68. The van der Waals surface area contributed by atoms with Crippen LogP contribution in [0.1, 0.15) is 54.8 Å². The normalized spacial score (nSPS) is 13.5.